The van der Waals surface area contributed by atoms with Crippen molar-refractivity contribution in [2.24, 2.45) is 0 Å². The summed E-state index contributed by atoms with van der Waals surface area (Å²) < 4.78 is 1.73. The molecule has 0 radical (unpaired) electrons. The summed E-state index contributed by atoms with van der Waals surface area (Å²) in [4.78, 5) is 12.0. The minimum Gasteiger partial charge on any atom is -0.350 e. The highest BCUT2D eigenvalue weighted by molar-refractivity contribution is 6.30. The second-order valence-electron chi connectivity index (χ2n) is 5.71. The van der Waals surface area contributed by atoms with Crippen molar-refractivity contribution in [3.63, 3.8) is 0 Å². The zero-order chi connectivity index (χ0) is 17.1. The van der Waals surface area contributed by atoms with Crippen LogP contribution in [0.1, 0.15) is 24.2 Å². The van der Waals surface area contributed by atoms with Gasteiger partial charge in [0.05, 0.1) is 17.6 Å². The summed E-state index contributed by atoms with van der Waals surface area (Å²) >= 11 is 5.94. The zero-order valence-electron chi connectivity index (χ0n) is 13.4. The van der Waals surface area contributed by atoms with Gasteiger partial charge in [-0.2, -0.15) is 0 Å². The number of carbonyl (C=O) groups excluding carboxylic acids is 1. The maximum absolute atomic E-state index is 12.0. The van der Waals surface area contributed by atoms with E-state index in [9.17, 15) is 4.79 Å². The molecule has 0 atom stereocenters. The van der Waals surface area contributed by atoms with E-state index in [1.165, 1.54) is 0 Å². The second-order valence-corrected chi connectivity index (χ2v) is 6.15. The van der Waals surface area contributed by atoms with Crippen LogP contribution in [0.5, 0.6) is 0 Å². The van der Waals surface area contributed by atoms with Gasteiger partial charge in [-0.1, -0.05) is 28.9 Å². The number of benzene rings is 2. The molecule has 1 N–H and O–H groups in total. The fraction of sp³-hybridized carbons (Fsp3) is 0.167. The van der Waals surface area contributed by atoms with Gasteiger partial charge in [0.1, 0.15) is 0 Å². The minimum atomic E-state index is -0.0898. The Bertz CT molecular complexity index is 838. The molecule has 0 fully saturated rings. The summed E-state index contributed by atoms with van der Waals surface area (Å²) in [5.41, 5.74) is 3.26. The number of hydrogen-bond acceptors (Lipinski definition) is 3. The Morgan fingerprint density at radius 1 is 1.08 bits per heavy atom. The first-order valence-electron chi connectivity index (χ1n) is 7.62. The molecule has 6 heteroatoms. The Balaban J connectivity index is 1.89. The monoisotopic (exact) mass is 340 g/mol. The van der Waals surface area contributed by atoms with Gasteiger partial charge in [0, 0.05) is 22.2 Å². The molecule has 0 bridgehead atoms. The standard InChI is InChI=1S/C18H17ClN4O/c1-12(2)21-18(24)14-5-9-16(10-6-14)23-17(11-20-22-23)13-3-7-15(19)8-4-13/h3-12H,1-2H3,(H,21,24). The van der Waals surface area contributed by atoms with Crippen LogP contribution in [0.15, 0.2) is 54.7 Å². The predicted molar refractivity (Wildman–Crippen MR) is 94.4 cm³/mol. The van der Waals surface area contributed by atoms with E-state index < -0.39 is 0 Å². The largest absolute Gasteiger partial charge is 0.350 e. The normalized spacial score (nSPS) is 10.8. The van der Waals surface area contributed by atoms with Crippen LogP contribution in [0.3, 0.4) is 0 Å². The van der Waals surface area contributed by atoms with Crippen LogP contribution in [0.4, 0.5) is 0 Å². The second kappa shape index (κ2) is 6.84. The summed E-state index contributed by atoms with van der Waals surface area (Å²) in [6.45, 7) is 3.86. The molecule has 1 aromatic heterocycles. The number of carbonyl (C=O) groups is 1. The molecule has 0 saturated carbocycles. The third-order valence-electron chi connectivity index (χ3n) is 3.48. The lowest BCUT2D eigenvalue weighted by Gasteiger charge is -2.10. The van der Waals surface area contributed by atoms with Crippen LogP contribution in [0, 0.1) is 0 Å². The summed E-state index contributed by atoms with van der Waals surface area (Å²) in [5, 5.41) is 11.7. The fourth-order valence-electron chi connectivity index (χ4n) is 2.34. The lowest BCUT2D eigenvalue weighted by atomic mass is 10.1. The third-order valence-corrected chi connectivity index (χ3v) is 3.74. The molecule has 24 heavy (non-hydrogen) atoms. The molecule has 3 aromatic rings. The van der Waals surface area contributed by atoms with Crippen LogP contribution >= 0.6 is 11.6 Å². The average molecular weight is 341 g/mol. The maximum atomic E-state index is 12.0. The quantitative estimate of drug-likeness (QED) is 0.787. The van der Waals surface area contributed by atoms with Crippen LogP contribution in [-0.4, -0.2) is 26.9 Å². The molecule has 0 unspecified atom stereocenters. The highest BCUT2D eigenvalue weighted by Gasteiger charge is 2.11. The summed E-state index contributed by atoms with van der Waals surface area (Å²) in [6, 6.07) is 14.8. The van der Waals surface area contributed by atoms with E-state index >= 15 is 0 Å². The van der Waals surface area contributed by atoms with Gasteiger partial charge < -0.3 is 5.32 Å². The Hall–Kier alpha value is -2.66. The van der Waals surface area contributed by atoms with E-state index in [1.54, 1.807) is 23.0 Å². The minimum absolute atomic E-state index is 0.0898. The number of aromatic nitrogens is 3. The molecule has 3 rings (SSSR count). The first-order valence-corrected chi connectivity index (χ1v) is 8.00. The van der Waals surface area contributed by atoms with Crippen LogP contribution in [0.2, 0.25) is 5.02 Å². The number of amides is 1. The molecule has 1 amide bonds. The zero-order valence-corrected chi connectivity index (χ0v) is 14.2. The number of hydrogen-bond donors (Lipinski definition) is 1. The summed E-state index contributed by atoms with van der Waals surface area (Å²) in [6.07, 6.45) is 1.70. The van der Waals surface area contributed by atoms with E-state index in [2.05, 4.69) is 15.6 Å². The van der Waals surface area contributed by atoms with Crippen LogP contribution < -0.4 is 5.32 Å². The van der Waals surface area contributed by atoms with Gasteiger partial charge in [0.25, 0.3) is 5.91 Å². The number of halogens is 1. The molecule has 0 saturated heterocycles. The topological polar surface area (TPSA) is 59.8 Å². The van der Waals surface area contributed by atoms with Gasteiger partial charge in [0.15, 0.2) is 0 Å². The van der Waals surface area contributed by atoms with Crippen molar-refractivity contribution in [1.29, 1.82) is 0 Å². The highest BCUT2D eigenvalue weighted by Crippen LogP contribution is 2.23. The fourth-order valence-corrected chi connectivity index (χ4v) is 2.47. The lowest BCUT2D eigenvalue weighted by Crippen LogP contribution is -2.29. The van der Waals surface area contributed by atoms with Crippen molar-refractivity contribution in [3.05, 3.63) is 65.3 Å². The van der Waals surface area contributed by atoms with E-state index in [1.807, 2.05) is 50.2 Å². The smallest absolute Gasteiger partial charge is 0.251 e. The molecule has 0 spiro atoms. The summed E-state index contributed by atoms with van der Waals surface area (Å²) in [7, 11) is 0. The Labute approximate surface area is 145 Å². The lowest BCUT2D eigenvalue weighted by molar-refractivity contribution is 0.0943. The predicted octanol–water partition coefficient (Wildman–Crippen LogP) is 3.73. The van der Waals surface area contributed by atoms with Gasteiger partial charge in [-0.15, -0.1) is 5.10 Å². The summed E-state index contributed by atoms with van der Waals surface area (Å²) in [5.74, 6) is -0.0898. The van der Waals surface area contributed by atoms with Gasteiger partial charge in [0.2, 0.25) is 0 Å². The molecule has 2 aromatic carbocycles. The number of rotatable bonds is 4. The number of nitrogens with one attached hydrogen (secondary N) is 1. The molecule has 122 valence electrons. The van der Waals surface area contributed by atoms with Gasteiger partial charge in [-0.25, -0.2) is 4.68 Å². The average Bonchev–Trinajstić information content (AvgIpc) is 3.04. The number of nitrogens with zero attached hydrogens (tertiary/aromatic N) is 3. The molecular weight excluding hydrogens is 324 g/mol. The molecule has 5 nitrogen and oxygen atoms in total. The maximum Gasteiger partial charge on any atom is 0.251 e. The van der Waals surface area contributed by atoms with Gasteiger partial charge in [-0.05, 0) is 50.2 Å². The van der Waals surface area contributed by atoms with Gasteiger partial charge in [-0.3, -0.25) is 4.79 Å². The SMILES string of the molecule is CC(C)NC(=O)c1ccc(-n2nncc2-c2ccc(Cl)cc2)cc1. The Morgan fingerprint density at radius 2 is 1.75 bits per heavy atom. The van der Waals surface area contributed by atoms with Crippen molar-refractivity contribution in [3.8, 4) is 16.9 Å². The Kier molecular flexibility index (Phi) is 4.62. The van der Waals surface area contributed by atoms with E-state index in [-0.39, 0.29) is 11.9 Å². The van der Waals surface area contributed by atoms with Crippen molar-refractivity contribution in [1.82, 2.24) is 20.3 Å². The first-order chi connectivity index (χ1) is 11.5. The third kappa shape index (κ3) is 3.46. The van der Waals surface area contributed by atoms with Crippen molar-refractivity contribution in [2.75, 3.05) is 0 Å². The molecule has 1 heterocycles. The van der Waals surface area contributed by atoms with Crippen LogP contribution in [0.25, 0.3) is 16.9 Å². The van der Waals surface area contributed by atoms with E-state index in [0.717, 1.165) is 16.9 Å². The van der Waals surface area contributed by atoms with Crippen molar-refractivity contribution < 1.29 is 4.79 Å². The van der Waals surface area contributed by atoms with Gasteiger partial charge >= 0.3 is 0 Å². The van der Waals surface area contributed by atoms with E-state index in [0.29, 0.717) is 10.6 Å². The molecule has 0 aliphatic rings. The van der Waals surface area contributed by atoms with Crippen molar-refractivity contribution >= 4 is 17.5 Å². The van der Waals surface area contributed by atoms with Crippen molar-refractivity contribution in [2.45, 2.75) is 19.9 Å². The molecular formula is C18H17ClN4O. The Morgan fingerprint density at radius 3 is 2.38 bits per heavy atom. The highest BCUT2D eigenvalue weighted by atomic mass is 35.5. The molecule has 0 aliphatic carbocycles. The first kappa shape index (κ1) is 16.2. The van der Waals surface area contributed by atoms with E-state index in [4.69, 9.17) is 11.6 Å². The molecule has 0 aliphatic heterocycles. The van der Waals surface area contributed by atoms with Crippen LogP contribution in [-0.2, 0) is 0 Å².